The molecule has 0 unspecified atom stereocenters. The maximum absolute atomic E-state index is 13.6. The van der Waals surface area contributed by atoms with Crippen molar-refractivity contribution < 1.29 is 18.0 Å². The maximum Gasteiger partial charge on any atom is 0.254 e. The average molecular weight is 294 g/mol. The van der Waals surface area contributed by atoms with Crippen molar-refractivity contribution in [2.24, 2.45) is 0 Å². The molecule has 110 valence electrons. The SMILES string of the molecule is Nc1cc(F)cc(C(=O)NCCc2ccc(F)cc2)c1F. The van der Waals surface area contributed by atoms with E-state index in [2.05, 4.69) is 5.32 Å². The Hall–Kier alpha value is -2.50. The van der Waals surface area contributed by atoms with Crippen LogP contribution in [-0.2, 0) is 6.42 Å². The number of benzene rings is 2. The third-order valence-electron chi connectivity index (χ3n) is 2.92. The summed E-state index contributed by atoms with van der Waals surface area (Å²) < 4.78 is 39.5. The van der Waals surface area contributed by atoms with Gasteiger partial charge in [0.1, 0.15) is 11.6 Å². The zero-order valence-electron chi connectivity index (χ0n) is 11.0. The summed E-state index contributed by atoms with van der Waals surface area (Å²) in [4.78, 5) is 11.8. The second-order valence-corrected chi connectivity index (χ2v) is 4.49. The van der Waals surface area contributed by atoms with Crippen molar-refractivity contribution in [2.45, 2.75) is 6.42 Å². The molecule has 2 aromatic rings. The van der Waals surface area contributed by atoms with Gasteiger partial charge >= 0.3 is 0 Å². The van der Waals surface area contributed by atoms with E-state index in [-0.39, 0.29) is 12.4 Å². The third kappa shape index (κ3) is 3.75. The fraction of sp³-hybridized carbons (Fsp3) is 0.133. The number of nitrogens with one attached hydrogen (secondary N) is 1. The summed E-state index contributed by atoms with van der Waals surface area (Å²) in [7, 11) is 0. The quantitative estimate of drug-likeness (QED) is 0.852. The van der Waals surface area contributed by atoms with Gasteiger partial charge in [-0.25, -0.2) is 13.2 Å². The second-order valence-electron chi connectivity index (χ2n) is 4.49. The van der Waals surface area contributed by atoms with Crippen molar-refractivity contribution in [3.05, 3.63) is 65.0 Å². The van der Waals surface area contributed by atoms with Gasteiger partial charge in [0, 0.05) is 6.54 Å². The number of hydrogen-bond acceptors (Lipinski definition) is 2. The fourth-order valence-corrected chi connectivity index (χ4v) is 1.84. The van der Waals surface area contributed by atoms with Gasteiger partial charge in [0.15, 0.2) is 5.82 Å². The summed E-state index contributed by atoms with van der Waals surface area (Å²) in [5, 5.41) is 2.46. The Balaban J connectivity index is 1.97. The highest BCUT2D eigenvalue weighted by Gasteiger charge is 2.15. The van der Waals surface area contributed by atoms with Gasteiger partial charge in [-0.1, -0.05) is 12.1 Å². The first-order valence-electron chi connectivity index (χ1n) is 6.24. The molecule has 3 N–H and O–H groups in total. The van der Waals surface area contributed by atoms with Gasteiger partial charge in [0.2, 0.25) is 0 Å². The lowest BCUT2D eigenvalue weighted by molar-refractivity contribution is 0.0949. The first-order valence-corrected chi connectivity index (χ1v) is 6.24. The van der Waals surface area contributed by atoms with Gasteiger partial charge < -0.3 is 11.1 Å². The summed E-state index contributed by atoms with van der Waals surface area (Å²) in [6, 6.07) is 7.39. The highest BCUT2D eigenvalue weighted by Crippen LogP contribution is 2.17. The minimum absolute atomic E-state index is 0.209. The van der Waals surface area contributed by atoms with Crippen LogP contribution in [0.15, 0.2) is 36.4 Å². The van der Waals surface area contributed by atoms with E-state index in [1.54, 1.807) is 12.1 Å². The Morgan fingerprint density at radius 2 is 1.71 bits per heavy atom. The molecule has 1 amide bonds. The van der Waals surface area contributed by atoms with Crippen molar-refractivity contribution in [1.82, 2.24) is 5.32 Å². The third-order valence-corrected chi connectivity index (χ3v) is 2.92. The molecule has 21 heavy (non-hydrogen) atoms. The predicted molar refractivity (Wildman–Crippen MR) is 73.2 cm³/mol. The van der Waals surface area contributed by atoms with Gasteiger partial charge in [0.25, 0.3) is 5.91 Å². The molecule has 6 heteroatoms. The van der Waals surface area contributed by atoms with E-state index in [4.69, 9.17) is 5.73 Å². The molecule has 0 aliphatic carbocycles. The molecule has 2 rings (SSSR count). The minimum Gasteiger partial charge on any atom is -0.396 e. The zero-order valence-corrected chi connectivity index (χ0v) is 11.0. The van der Waals surface area contributed by atoms with E-state index in [9.17, 15) is 18.0 Å². The molecule has 0 atom stereocenters. The number of carbonyl (C=O) groups is 1. The largest absolute Gasteiger partial charge is 0.396 e. The fourth-order valence-electron chi connectivity index (χ4n) is 1.84. The highest BCUT2D eigenvalue weighted by molar-refractivity contribution is 5.95. The summed E-state index contributed by atoms with van der Waals surface area (Å²) in [6.07, 6.45) is 0.443. The Morgan fingerprint density at radius 1 is 1.05 bits per heavy atom. The van der Waals surface area contributed by atoms with Gasteiger partial charge in [-0.15, -0.1) is 0 Å². The van der Waals surface area contributed by atoms with Crippen LogP contribution in [0.5, 0.6) is 0 Å². The Bertz CT molecular complexity index is 657. The van der Waals surface area contributed by atoms with Crippen LogP contribution >= 0.6 is 0 Å². The smallest absolute Gasteiger partial charge is 0.254 e. The lowest BCUT2D eigenvalue weighted by atomic mass is 10.1. The van der Waals surface area contributed by atoms with Crippen LogP contribution in [0.4, 0.5) is 18.9 Å². The van der Waals surface area contributed by atoms with Crippen LogP contribution in [0.2, 0.25) is 0 Å². The minimum atomic E-state index is -0.948. The van der Waals surface area contributed by atoms with Crippen LogP contribution in [0, 0.1) is 17.5 Å². The van der Waals surface area contributed by atoms with Crippen molar-refractivity contribution in [3.63, 3.8) is 0 Å². The molecule has 0 aromatic heterocycles. The van der Waals surface area contributed by atoms with Crippen LogP contribution in [0.3, 0.4) is 0 Å². The van der Waals surface area contributed by atoms with Crippen molar-refractivity contribution in [2.75, 3.05) is 12.3 Å². The molecule has 0 saturated heterocycles. The normalized spacial score (nSPS) is 10.4. The van der Waals surface area contributed by atoms with E-state index in [1.165, 1.54) is 12.1 Å². The number of amides is 1. The van der Waals surface area contributed by atoms with Crippen LogP contribution in [0.25, 0.3) is 0 Å². The van der Waals surface area contributed by atoms with E-state index < -0.39 is 28.8 Å². The maximum atomic E-state index is 13.6. The van der Waals surface area contributed by atoms with Gasteiger partial charge in [-0.3, -0.25) is 4.79 Å². The summed E-state index contributed by atoms with van der Waals surface area (Å²) in [5.74, 6) is -2.82. The van der Waals surface area contributed by atoms with Crippen LogP contribution in [-0.4, -0.2) is 12.5 Å². The van der Waals surface area contributed by atoms with E-state index in [0.29, 0.717) is 6.42 Å². The van der Waals surface area contributed by atoms with E-state index in [0.717, 1.165) is 17.7 Å². The first kappa shape index (κ1) is 14.9. The van der Waals surface area contributed by atoms with Crippen LogP contribution < -0.4 is 11.1 Å². The number of nitrogen functional groups attached to an aromatic ring is 1. The second kappa shape index (κ2) is 6.30. The first-order chi connectivity index (χ1) is 9.97. The van der Waals surface area contributed by atoms with Crippen LogP contribution in [0.1, 0.15) is 15.9 Å². The van der Waals surface area contributed by atoms with Crippen molar-refractivity contribution >= 4 is 11.6 Å². The van der Waals surface area contributed by atoms with Gasteiger partial charge in [-0.2, -0.15) is 0 Å². The molecule has 0 saturated carbocycles. The topological polar surface area (TPSA) is 55.1 Å². The van der Waals surface area contributed by atoms with Crippen molar-refractivity contribution in [3.8, 4) is 0 Å². The molecule has 0 radical (unpaired) electrons. The number of halogens is 3. The number of hydrogen-bond donors (Lipinski definition) is 2. The summed E-state index contributed by atoms with van der Waals surface area (Å²) in [6.45, 7) is 0.209. The lowest BCUT2D eigenvalue weighted by Gasteiger charge is -2.08. The van der Waals surface area contributed by atoms with Crippen molar-refractivity contribution in [1.29, 1.82) is 0 Å². The molecule has 0 spiro atoms. The number of anilines is 1. The molecule has 2 aromatic carbocycles. The molecule has 0 aliphatic rings. The summed E-state index contributed by atoms with van der Waals surface area (Å²) >= 11 is 0. The van der Waals surface area contributed by atoms with E-state index >= 15 is 0 Å². The summed E-state index contributed by atoms with van der Waals surface area (Å²) in [5.41, 5.74) is 5.22. The average Bonchev–Trinajstić information content (AvgIpc) is 2.44. The molecular weight excluding hydrogens is 281 g/mol. The predicted octanol–water partition coefficient (Wildman–Crippen LogP) is 2.66. The molecule has 0 aliphatic heterocycles. The Morgan fingerprint density at radius 3 is 2.38 bits per heavy atom. The molecule has 0 bridgehead atoms. The Kier molecular flexibility index (Phi) is 4.47. The molecular formula is C15H13F3N2O. The molecule has 3 nitrogen and oxygen atoms in total. The lowest BCUT2D eigenvalue weighted by Crippen LogP contribution is -2.27. The number of rotatable bonds is 4. The standard InChI is InChI=1S/C15H13F3N2O/c16-10-3-1-9(2-4-10)5-6-20-15(21)12-7-11(17)8-13(19)14(12)18/h1-4,7-8H,5-6,19H2,(H,20,21). The highest BCUT2D eigenvalue weighted by atomic mass is 19.1. The monoisotopic (exact) mass is 294 g/mol. The van der Waals surface area contributed by atoms with Gasteiger partial charge in [0.05, 0.1) is 11.3 Å². The number of nitrogens with two attached hydrogens (primary N) is 1. The van der Waals surface area contributed by atoms with Gasteiger partial charge in [-0.05, 0) is 36.2 Å². The zero-order chi connectivity index (χ0) is 15.4. The molecule has 0 heterocycles. The number of carbonyl (C=O) groups excluding carboxylic acids is 1. The van der Waals surface area contributed by atoms with E-state index in [1.807, 2.05) is 0 Å². The molecule has 0 fully saturated rings. The Labute approximate surface area is 119 Å².